The Morgan fingerprint density at radius 3 is 2.40 bits per heavy atom. The molecule has 0 aromatic heterocycles. The van der Waals surface area contributed by atoms with Crippen LogP contribution in [-0.2, 0) is 0 Å². The Balaban J connectivity index is 1.91. The van der Waals surface area contributed by atoms with E-state index in [0.717, 1.165) is 12.1 Å². The number of hydrogen-bond acceptors (Lipinski definition) is 3. The van der Waals surface area contributed by atoms with Crippen LogP contribution in [0.3, 0.4) is 0 Å². The normalized spacial score (nSPS) is 24.8. The minimum absolute atomic E-state index is 0.484. The molecule has 2 aliphatic rings. The standard InChI is InChI=1S/C17H35N3/c1-5-17(6-2,13-18-15-9-10-15)14-20-11-7-8-16(20)12-19(3)4/h15-16,18H,5-14H2,1-4H3. The molecule has 0 aromatic carbocycles. The van der Waals surface area contributed by atoms with Gasteiger partial charge in [-0.3, -0.25) is 4.90 Å². The number of nitrogens with zero attached hydrogens (tertiary/aromatic N) is 2. The van der Waals surface area contributed by atoms with Crippen molar-refractivity contribution in [1.29, 1.82) is 0 Å². The lowest BCUT2D eigenvalue weighted by Gasteiger charge is -2.39. The van der Waals surface area contributed by atoms with Crippen LogP contribution in [0.4, 0.5) is 0 Å². The zero-order valence-corrected chi connectivity index (χ0v) is 14.1. The molecule has 1 saturated heterocycles. The van der Waals surface area contributed by atoms with Gasteiger partial charge in [-0.05, 0) is 64.6 Å². The summed E-state index contributed by atoms with van der Waals surface area (Å²) in [6, 6.07) is 1.62. The van der Waals surface area contributed by atoms with Crippen molar-refractivity contribution < 1.29 is 0 Å². The average molecular weight is 281 g/mol. The van der Waals surface area contributed by atoms with Gasteiger partial charge >= 0.3 is 0 Å². The highest BCUT2D eigenvalue weighted by Crippen LogP contribution is 2.32. The first kappa shape index (κ1) is 16.3. The molecular weight excluding hydrogens is 246 g/mol. The van der Waals surface area contributed by atoms with E-state index >= 15 is 0 Å². The van der Waals surface area contributed by atoms with E-state index < -0.39 is 0 Å². The third-order valence-electron chi connectivity index (χ3n) is 5.46. The molecule has 0 bridgehead atoms. The lowest BCUT2D eigenvalue weighted by molar-refractivity contribution is 0.112. The summed E-state index contributed by atoms with van der Waals surface area (Å²) in [7, 11) is 4.41. The minimum atomic E-state index is 0.484. The van der Waals surface area contributed by atoms with Crippen molar-refractivity contribution in [3.8, 4) is 0 Å². The maximum atomic E-state index is 3.79. The largest absolute Gasteiger partial charge is 0.313 e. The van der Waals surface area contributed by atoms with E-state index in [1.165, 1.54) is 64.7 Å². The summed E-state index contributed by atoms with van der Waals surface area (Å²) < 4.78 is 0. The van der Waals surface area contributed by atoms with Crippen LogP contribution in [0.25, 0.3) is 0 Å². The highest BCUT2D eigenvalue weighted by molar-refractivity contribution is 4.91. The van der Waals surface area contributed by atoms with Crippen molar-refractivity contribution in [1.82, 2.24) is 15.1 Å². The zero-order valence-electron chi connectivity index (χ0n) is 14.1. The fraction of sp³-hybridized carbons (Fsp3) is 1.00. The summed E-state index contributed by atoms with van der Waals surface area (Å²) in [5, 5.41) is 3.79. The summed E-state index contributed by atoms with van der Waals surface area (Å²) in [6.07, 6.45) is 8.17. The second kappa shape index (κ2) is 7.24. The second-order valence-electron chi connectivity index (χ2n) is 7.39. The summed E-state index contributed by atoms with van der Waals surface area (Å²) >= 11 is 0. The van der Waals surface area contributed by atoms with Gasteiger partial charge < -0.3 is 10.2 Å². The Kier molecular flexibility index (Phi) is 5.88. The average Bonchev–Trinajstić information content (AvgIpc) is 3.17. The predicted molar refractivity (Wildman–Crippen MR) is 87.2 cm³/mol. The molecule has 118 valence electrons. The van der Waals surface area contributed by atoms with E-state index in [-0.39, 0.29) is 0 Å². The Hall–Kier alpha value is -0.120. The van der Waals surface area contributed by atoms with Crippen LogP contribution in [0.1, 0.15) is 52.4 Å². The predicted octanol–water partition coefficient (Wildman–Crippen LogP) is 2.57. The van der Waals surface area contributed by atoms with E-state index in [4.69, 9.17) is 0 Å². The van der Waals surface area contributed by atoms with Gasteiger partial charge in [0.1, 0.15) is 0 Å². The van der Waals surface area contributed by atoms with Crippen LogP contribution in [0.2, 0.25) is 0 Å². The van der Waals surface area contributed by atoms with E-state index in [1.807, 2.05) is 0 Å². The van der Waals surface area contributed by atoms with E-state index in [1.54, 1.807) is 0 Å². The first-order valence-electron chi connectivity index (χ1n) is 8.70. The first-order valence-corrected chi connectivity index (χ1v) is 8.70. The quantitative estimate of drug-likeness (QED) is 0.701. The van der Waals surface area contributed by atoms with Gasteiger partial charge in [0.15, 0.2) is 0 Å². The SMILES string of the molecule is CCC(CC)(CNC1CC1)CN1CCCC1CN(C)C. The van der Waals surface area contributed by atoms with Gasteiger partial charge in [-0.1, -0.05) is 13.8 Å². The monoisotopic (exact) mass is 281 g/mol. The molecule has 0 spiro atoms. The Labute approximate surface area is 126 Å². The van der Waals surface area contributed by atoms with Crippen molar-refractivity contribution in [2.45, 2.75) is 64.5 Å². The maximum absolute atomic E-state index is 3.79. The molecule has 1 heterocycles. The molecule has 1 aliphatic heterocycles. The van der Waals surface area contributed by atoms with Crippen molar-refractivity contribution in [2.24, 2.45) is 5.41 Å². The molecule has 1 atom stereocenters. The summed E-state index contributed by atoms with van der Waals surface area (Å²) in [4.78, 5) is 5.13. The summed E-state index contributed by atoms with van der Waals surface area (Å²) in [5.41, 5.74) is 0.484. The molecule has 2 fully saturated rings. The van der Waals surface area contributed by atoms with Gasteiger partial charge in [0.25, 0.3) is 0 Å². The van der Waals surface area contributed by atoms with Crippen LogP contribution >= 0.6 is 0 Å². The maximum Gasteiger partial charge on any atom is 0.0223 e. The lowest BCUT2D eigenvalue weighted by Crippen LogP contribution is -2.47. The number of hydrogen-bond donors (Lipinski definition) is 1. The van der Waals surface area contributed by atoms with Crippen molar-refractivity contribution in [3.63, 3.8) is 0 Å². The Morgan fingerprint density at radius 1 is 1.15 bits per heavy atom. The van der Waals surface area contributed by atoms with Crippen LogP contribution in [0.5, 0.6) is 0 Å². The molecule has 20 heavy (non-hydrogen) atoms. The molecule has 0 aromatic rings. The minimum Gasteiger partial charge on any atom is -0.313 e. The molecular formula is C17H35N3. The molecule has 1 unspecified atom stereocenters. The third-order valence-corrected chi connectivity index (χ3v) is 5.46. The highest BCUT2D eigenvalue weighted by atomic mass is 15.2. The molecule has 0 radical (unpaired) electrons. The smallest absolute Gasteiger partial charge is 0.0223 e. The lowest BCUT2D eigenvalue weighted by atomic mass is 9.81. The van der Waals surface area contributed by atoms with Gasteiger partial charge in [0.2, 0.25) is 0 Å². The van der Waals surface area contributed by atoms with Gasteiger partial charge in [0, 0.05) is 31.7 Å². The van der Waals surface area contributed by atoms with Crippen LogP contribution in [-0.4, -0.2) is 62.2 Å². The van der Waals surface area contributed by atoms with Crippen LogP contribution < -0.4 is 5.32 Å². The molecule has 1 saturated carbocycles. The second-order valence-corrected chi connectivity index (χ2v) is 7.39. The number of likely N-dealkylation sites (tertiary alicyclic amines) is 1. The third kappa shape index (κ3) is 4.44. The molecule has 0 amide bonds. The molecule has 1 N–H and O–H groups in total. The molecule has 3 nitrogen and oxygen atoms in total. The first-order chi connectivity index (χ1) is 9.58. The van der Waals surface area contributed by atoms with E-state index in [2.05, 4.69) is 43.1 Å². The Morgan fingerprint density at radius 2 is 1.85 bits per heavy atom. The number of nitrogens with one attached hydrogen (secondary N) is 1. The zero-order chi connectivity index (χ0) is 14.6. The van der Waals surface area contributed by atoms with E-state index in [9.17, 15) is 0 Å². The van der Waals surface area contributed by atoms with Gasteiger partial charge in [0.05, 0.1) is 0 Å². The molecule has 1 aliphatic carbocycles. The number of rotatable bonds is 9. The summed E-state index contributed by atoms with van der Waals surface area (Å²) in [6.45, 7) is 9.81. The fourth-order valence-electron chi connectivity index (χ4n) is 3.59. The van der Waals surface area contributed by atoms with Crippen LogP contribution in [0, 0.1) is 5.41 Å². The molecule has 2 rings (SSSR count). The number of likely N-dealkylation sites (N-methyl/N-ethyl adjacent to an activating group) is 1. The fourth-order valence-corrected chi connectivity index (χ4v) is 3.59. The van der Waals surface area contributed by atoms with Gasteiger partial charge in [-0.15, -0.1) is 0 Å². The van der Waals surface area contributed by atoms with Gasteiger partial charge in [-0.2, -0.15) is 0 Å². The summed E-state index contributed by atoms with van der Waals surface area (Å²) in [5.74, 6) is 0. The molecule has 3 heteroatoms. The van der Waals surface area contributed by atoms with Crippen molar-refractivity contribution in [3.05, 3.63) is 0 Å². The Bertz CT molecular complexity index is 282. The highest BCUT2D eigenvalue weighted by Gasteiger charge is 2.35. The van der Waals surface area contributed by atoms with Gasteiger partial charge in [-0.25, -0.2) is 0 Å². The topological polar surface area (TPSA) is 18.5 Å². The van der Waals surface area contributed by atoms with Crippen LogP contribution in [0.15, 0.2) is 0 Å². The van der Waals surface area contributed by atoms with Crippen molar-refractivity contribution >= 4 is 0 Å². The van der Waals surface area contributed by atoms with E-state index in [0.29, 0.717) is 5.41 Å². The van der Waals surface area contributed by atoms with Crippen molar-refractivity contribution in [2.75, 3.05) is 40.3 Å².